The average Bonchev–Trinajstić information content (AvgIpc) is 3.39. The van der Waals surface area contributed by atoms with E-state index in [1.54, 1.807) is 6.07 Å². The summed E-state index contributed by atoms with van der Waals surface area (Å²) in [6.07, 6.45) is 5.09. The Bertz CT molecular complexity index is 792. The Balaban J connectivity index is 1.57. The van der Waals surface area contributed by atoms with Crippen molar-refractivity contribution in [2.45, 2.75) is 59.0 Å². The van der Waals surface area contributed by atoms with Crippen LogP contribution in [0.1, 0.15) is 66.4 Å². The molecule has 1 aliphatic rings. The van der Waals surface area contributed by atoms with E-state index in [-0.39, 0.29) is 23.4 Å². The second kappa shape index (κ2) is 9.53. The normalized spacial score (nSPS) is 14.2. The van der Waals surface area contributed by atoms with Gasteiger partial charge < -0.3 is 14.7 Å². The Labute approximate surface area is 166 Å². The van der Waals surface area contributed by atoms with Crippen LogP contribution in [0.25, 0.3) is 0 Å². The first-order chi connectivity index (χ1) is 13.6. The molecule has 0 atom stereocenters. The quantitative estimate of drug-likeness (QED) is 0.751. The van der Waals surface area contributed by atoms with Gasteiger partial charge in [-0.2, -0.15) is 0 Å². The number of carbonyl (C=O) groups is 2. The van der Waals surface area contributed by atoms with Crippen LogP contribution in [-0.2, 0) is 17.9 Å². The third-order valence-corrected chi connectivity index (χ3v) is 5.22. The maximum absolute atomic E-state index is 12.7. The molecule has 150 valence electrons. The molecule has 1 fully saturated rings. The molecule has 0 bridgehead atoms. The van der Waals surface area contributed by atoms with Crippen LogP contribution in [0.4, 0.5) is 0 Å². The molecule has 1 aromatic heterocycles. The van der Waals surface area contributed by atoms with Crippen LogP contribution in [0.15, 0.2) is 34.9 Å². The van der Waals surface area contributed by atoms with Crippen molar-refractivity contribution < 1.29 is 14.1 Å². The van der Waals surface area contributed by atoms with Gasteiger partial charge in [-0.3, -0.25) is 9.59 Å². The molecule has 1 aliphatic carbocycles. The van der Waals surface area contributed by atoms with Crippen molar-refractivity contribution in [3.63, 3.8) is 0 Å². The zero-order valence-corrected chi connectivity index (χ0v) is 16.7. The molecule has 0 unspecified atom stereocenters. The highest BCUT2D eigenvalue weighted by molar-refractivity contribution is 5.92. The van der Waals surface area contributed by atoms with Crippen molar-refractivity contribution in [2.75, 3.05) is 6.54 Å². The number of amides is 2. The molecule has 3 rings (SSSR count). The van der Waals surface area contributed by atoms with Gasteiger partial charge in [-0.15, -0.1) is 0 Å². The first kappa shape index (κ1) is 20.1. The third kappa shape index (κ3) is 5.21. The molecule has 6 heteroatoms. The molecule has 0 saturated heterocycles. The topological polar surface area (TPSA) is 75.4 Å². The van der Waals surface area contributed by atoms with Crippen molar-refractivity contribution in [2.24, 2.45) is 5.92 Å². The highest BCUT2D eigenvalue weighted by atomic mass is 16.5. The smallest absolute Gasteiger partial charge is 0.273 e. The average molecular weight is 383 g/mol. The lowest BCUT2D eigenvalue weighted by Crippen LogP contribution is -2.35. The van der Waals surface area contributed by atoms with Crippen molar-refractivity contribution in [1.82, 2.24) is 15.4 Å². The van der Waals surface area contributed by atoms with E-state index in [1.165, 1.54) is 5.56 Å². The van der Waals surface area contributed by atoms with Crippen LogP contribution in [0.5, 0.6) is 0 Å². The first-order valence-corrected chi connectivity index (χ1v) is 10.1. The Morgan fingerprint density at radius 2 is 1.93 bits per heavy atom. The maximum Gasteiger partial charge on any atom is 0.273 e. The summed E-state index contributed by atoms with van der Waals surface area (Å²) in [4.78, 5) is 26.9. The second-order valence-electron chi connectivity index (χ2n) is 7.59. The van der Waals surface area contributed by atoms with E-state index in [9.17, 15) is 9.59 Å². The lowest BCUT2D eigenvalue weighted by Gasteiger charge is -2.24. The number of aryl methyl sites for hydroxylation is 1. The predicted molar refractivity (Wildman–Crippen MR) is 107 cm³/mol. The number of benzene rings is 1. The summed E-state index contributed by atoms with van der Waals surface area (Å²) in [6.45, 7) is 5.56. The van der Waals surface area contributed by atoms with Gasteiger partial charge in [-0.1, -0.05) is 54.8 Å². The number of rotatable bonds is 8. The molecule has 28 heavy (non-hydrogen) atoms. The zero-order chi connectivity index (χ0) is 19.9. The van der Waals surface area contributed by atoms with Crippen LogP contribution < -0.4 is 5.32 Å². The van der Waals surface area contributed by atoms with Crippen LogP contribution in [0, 0.1) is 12.8 Å². The summed E-state index contributed by atoms with van der Waals surface area (Å²) < 4.78 is 5.34. The Morgan fingerprint density at radius 1 is 1.21 bits per heavy atom. The SMILES string of the molecule is CCCN(Cc1cc(C(=O)NCc2ccc(C)cc2)no1)C(=O)C1CCCC1. The number of nitrogens with one attached hydrogen (secondary N) is 1. The van der Waals surface area contributed by atoms with E-state index in [1.807, 2.05) is 36.1 Å². The second-order valence-corrected chi connectivity index (χ2v) is 7.59. The van der Waals surface area contributed by atoms with Crippen LogP contribution in [-0.4, -0.2) is 28.4 Å². The highest BCUT2D eigenvalue weighted by Crippen LogP contribution is 2.27. The van der Waals surface area contributed by atoms with Crippen molar-refractivity contribution >= 4 is 11.8 Å². The Morgan fingerprint density at radius 3 is 2.61 bits per heavy atom. The molecule has 1 saturated carbocycles. The highest BCUT2D eigenvalue weighted by Gasteiger charge is 2.27. The monoisotopic (exact) mass is 383 g/mol. The van der Waals surface area contributed by atoms with Crippen LogP contribution in [0.3, 0.4) is 0 Å². The lowest BCUT2D eigenvalue weighted by molar-refractivity contribution is -0.136. The number of hydrogen-bond donors (Lipinski definition) is 1. The number of hydrogen-bond acceptors (Lipinski definition) is 4. The van der Waals surface area contributed by atoms with Gasteiger partial charge >= 0.3 is 0 Å². The zero-order valence-electron chi connectivity index (χ0n) is 16.7. The molecule has 1 aromatic carbocycles. The summed E-state index contributed by atoms with van der Waals surface area (Å²) >= 11 is 0. The number of aromatic nitrogens is 1. The Hall–Kier alpha value is -2.63. The number of carbonyl (C=O) groups excluding carboxylic acids is 2. The van der Waals surface area contributed by atoms with Crippen LogP contribution in [0.2, 0.25) is 0 Å². The summed E-state index contributed by atoms with van der Waals surface area (Å²) in [5.74, 6) is 0.591. The summed E-state index contributed by atoms with van der Waals surface area (Å²) in [7, 11) is 0. The molecular formula is C22H29N3O3. The molecule has 6 nitrogen and oxygen atoms in total. The van der Waals surface area contributed by atoms with Gasteiger partial charge in [0.15, 0.2) is 11.5 Å². The number of nitrogens with zero attached hydrogens (tertiary/aromatic N) is 2. The largest absolute Gasteiger partial charge is 0.359 e. The van der Waals surface area contributed by atoms with E-state index in [4.69, 9.17) is 4.52 Å². The molecular weight excluding hydrogens is 354 g/mol. The molecule has 2 aromatic rings. The van der Waals surface area contributed by atoms with E-state index >= 15 is 0 Å². The van der Waals surface area contributed by atoms with Gasteiger partial charge in [0.05, 0.1) is 6.54 Å². The fourth-order valence-corrected chi connectivity index (χ4v) is 3.63. The minimum absolute atomic E-state index is 0.131. The van der Waals surface area contributed by atoms with Gasteiger partial charge in [0.25, 0.3) is 5.91 Å². The predicted octanol–water partition coefficient (Wildman–Crippen LogP) is 3.84. The maximum atomic E-state index is 12.7. The van der Waals surface area contributed by atoms with Crippen molar-refractivity contribution in [3.05, 3.63) is 52.9 Å². The van der Waals surface area contributed by atoms with E-state index in [2.05, 4.69) is 17.4 Å². The van der Waals surface area contributed by atoms with Crippen molar-refractivity contribution in [1.29, 1.82) is 0 Å². The van der Waals surface area contributed by atoms with E-state index in [0.29, 0.717) is 25.4 Å². The fourth-order valence-electron chi connectivity index (χ4n) is 3.63. The molecule has 0 spiro atoms. The van der Waals surface area contributed by atoms with E-state index < -0.39 is 0 Å². The van der Waals surface area contributed by atoms with Gasteiger partial charge in [0, 0.05) is 25.1 Å². The van der Waals surface area contributed by atoms with Gasteiger partial charge in [-0.25, -0.2) is 0 Å². The molecule has 1 N–H and O–H groups in total. The third-order valence-electron chi connectivity index (χ3n) is 5.22. The van der Waals surface area contributed by atoms with Crippen LogP contribution >= 0.6 is 0 Å². The minimum atomic E-state index is -0.278. The minimum Gasteiger partial charge on any atom is -0.359 e. The van der Waals surface area contributed by atoms with Gasteiger partial charge in [0.1, 0.15) is 0 Å². The summed E-state index contributed by atoms with van der Waals surface area (Å²) in [6, 6.07) is 9.63. The molecule has 1 heterocycles. The lowest BCUT2D eigenvalue weighted by atomic mass is 10.1. The van der Waals surface area contributed by atoms with Crippen molar-refractivity contribution in [3.8, 4) is 0 Å². The molecule has 2 amide bonds. The standard InChI is InChI=1S/C22H29N3O3/c1-3-12-25(22(27)18-6-4-5-7-18)15-19-13-20(24-28-19)21(26)23-14-17-10-8-16(2)9-11-17/h8-11,13,18H,3-7,12,14-15H2,1-2H3,(H,23,26). The summed E-state index contributed by atoms with van der Waals surface area (Å²) in [5, 5.41) is 6.74. The van der Waals surface area contributed by atoms with Gasteiger partial charge in [0.2, 0.25) is 5.91 Å². The molecule has 0 radical (unpaired) electrons. The Kier molecular flexibility index (Phi) is 6.85. The molecule has 0 aliphatic heterocycles. The first-order valence-electron chi connectivity index (χ1n) is 10.1. The van der Waals surface area contributed by atoms with E-state index in [0.717, 1.165) is 37.7 Å². The fraction of sp³-hybridized carbons (Fsp3) is 0.500. The van der Waals surface area contributed by atoms with Gasteiger partial charge in [-0.05, 0) is 31.7 Å². The summed E-state index contributed by atoms with van der Waals surface area (Å²) in [5.41, 5.74) is 2.45.